The minimum Gasteiger partial charge on any atom is -0.308 e. The van der Waals surface area contributed by atoms with E-state index in [0.29, 0.717) is 32.4 Å². The number of carbonyl (C=O) groups excluding carboxylic acids is 1. The number of hydrogen-bond donors (Lipinski definition) is 0. The maximum Gasteiger partial charge on any atom is 0.258 e. The van der Waals surface area contributed by atoms with Gasteiger partial charge in [0.2, 0.25) is 0 Å². The van der Waals surface area contributed by atoms with E-state index in [1.54, 1.807) is 11.0 Å². The normalized spacial score (nSPS) is 14.7. The van der Waals surface area contributed by atoms with Crippen molar-refractivity contribution in [2.45, 2.75) is 4.58 Å². The van der Waals surface area contributed by atoms with Gasteiger partial charge in [0.25, 0.3) is 5.91 Å². The molecule has 0 unspecified atom stereocenters. The zero-order valence-corrected chi connectivity index (χ0v) is 18.5. The van der Waals surface area contributed by atoms with Crippen LogP contribution in [0.25, 0.3) is 0 Å². The predicted molar refractivity (Wildman–Crippen MR) is 121 cm³/mol. The lowest BCUT2D eigenvalue weighted by Gasteiger charge is -2.26. The van der Waals surface area contributed by atoms with Crippen molar-refractivity contribution in [3.05, 3.63) is 63.6 Å². The highest BCUT2D eigenvalue weighted by Crippen LogP contribution is 2.45. The van der Waals surface area contributed by atoms with Gasteiger partial charge in [-0.05, 0) is 43.9 Å². The third kappa shape index (κ3) is 5.15. The Labute approximate surface area is 179 Å². The highest BCUT2D eigenvalue weighted by Gasteiger charge is 2.23. The number of hydrogen-bond acceptors (Lipinski definition) is 4. The molecule has 0 radical (unpaired) electrons. The fourth-order valence-corrected chi connectivity index (χ4v) is 6.08. The number of halogens is 2. The van der Waals surface area contributed by atoms with Gasteiger partial charge in [0.05, 0.1) is 20.3 Å². The molecule has 3 nitrogen and oxygen atoms in total. The zero-order valence-electron chi connectivity index (χ0n) is 15.3. The summed E-state index contributed by atoms with van der Waals surface area (Å²) in [6.07, 6.45) is 0. The maximum atomic E-state index is 13.2. The van der Waals surface area contributed by atoms with Gasteiger partial charge in [-0.15, -0.1) is 23.5 Å². The lowest BCUT2D eigenvalue weighted by Crippen LogP contribution is -2.37. The monoisotopic (exact) mass is 440 g/mol. The fourth-order valence-electron chi connectivity index (χ4n) is 2.82. The van der Waals surface area contributed by atoms with E-state index in [0.717, 1.165) is 6.54 Å². The Balaban J connectivity index is 1.86. The molecule has 1 heterocycles. The van der Waals surface area contributed by atoms with E-state index in [-0.39, 0.29) is 5.91 Å². The van der Waals surface area contributed by atoms with Crippen LogP contribution in [0.2, 0.25) is 10.0 Å². The summed E-state index contributed by atoms with van der Waals surface area (Å²) in [7, 11) is 3.96. The van der Waals surface area contributed by atoms with Crippen LogP contribution in [0.15, 0.2) is 42.5 Å². The first-order valence-corrected chi connectivity index (χ1v) is 11.6. The molecule has 1 amide bonds. The van der Waals surface area contributed by atoms with E-state index in [1.807, 2.05) is 66.8 Å². The molecular formula is C20H22Cl2N2OS2. The Morgan fingerprint density at radius 1 is 1.04 bits per heavy atom. The van der Waals surface area contributed by atoms with Gasteiger partial charge in [0.15, 0.2) is 0 Å². The quantitative estimate of drug-likeness (QED) is 0.576. The zero-order chi connectivity index (χ0) is 19.4. The van der Waals surface area contributed by atoms with Gasteiger partial charge < -0.3 is 9.80 Å². The molecule has 0 aromatic heterocycles. The second kappa shape index (κ2) is 9.57. The summed E-state index contributed by atoms with van der Waals surface area (Å²) in [5.41, 5.74) is 2.56. The second-order valence-corrected chi connectivity index (χ2v) is 10.0. The molecule has 144 valence electrons. The minimum atomic E-state index is -0.0701. The summed E-state index contributed by atoms with van der Waals surface area (Å²) >= 11 is 16.5. The van der Waals surface area contributed by atoms with Crippen LogP contribution in [0.1, 0.15) is 20.5 Å². The van der Waals surface area contributed by atoms with E-state index >= 15 is 0 Å². The van der Waals surface area contributed by atoms with Crippen LogP contribution in [0.5, 0.6) is 0 Å². The van der Waals surface area contributed by atoms with Crippen molar-refractivity contribution >= 4 is 58.3 Å². The SMILES string of the molecule is CN(C)CCN(C(=O)c1ccc(C2SCCS2)cc1)c1cccc(Cl)c1Cl. The van der Waals surface area contributed by atoms with Crippen molar-refractivity contribution in [3.8, 4) is 0 Å². The van der Waals surface area contributed by atoms with Gasteiger partial charge in [0, 0.05) is 30.2 Å². The molecular weight excluding hydrogens is 419 g/mol. The number of anilines is 1. The molecule has 1 fully saturated rings. The van der Waals surface area contributed by atoms with Crippen LogP contribution in [0.4, 0.5) is 5.69 Å². The molecule has 7 heteroatoms. The molecule has 0 atom stereocenters. The van der Waals surface area contributed by atoms with E-state index in [2.05, 4.69) is 12.1 Å². The van der Waals surface area contributed by atoms with E-state index in [4.69, 9.17) is 23.2 Å². The molecule has 2 aromatic rings. The van der Waals surface area contributed by atoms with Crippen molar-refractivity contribution in [1.29, 1.82) is 0 Å². The molecule has 1 saturated heterocycles. The van der Waals surface area contributed by atoms with Crippen molar-refractivity contribution in [2.75, 3.05) is 43.6 Å². The highest BCUT2D eigenvalue weighted by molar-refractivity contribution is 8.19. The van der Waals surface area contributed by atoms with Crippen LogP contribution in [0.3, 0.4) is 0 Å². The van der Waals surface area contributed by atoms with E-state index < -0.39 is 0 Å². The van der Waals surface area contributed by atoms with Gasteiger partial charge in [0.1, 0.15) is 0 Å². The molecule has 1 aliphatic heterocycles. The van der Waals surface area contributed by atoms with Gasteiger partial charge in [-0.3, -0.25) is 4.79 Å². The molecule has 2 aromatic carbocycles. The number of likely N-dealkylation sites (N-methyl/N-ethyl adjacent to an activating group) is 1. The summed E-state index contributed by atoms with van der Waals surface area (Å²) in [6.45, 7) is 1.25. The van der Waals surface area contributed by atoms with Crippen LogP contribution in [0, 0.1) is 0 Å². The summed E-state index contributed by atoms with van der Waals surface area (Å²) in [6, 6.07) is 13.3. The number of nitrogens with zero attached hydrogens (tertiary/aromatic N) is 2. The van der Waals surface area contributed by atoms with E-state index in [9.17, 15) is 4.79 Å². The summed E-state index contributed by atoms with van der Waals surface area (Å²) in [5, 5.41) is 0.851. The molecule has 3 rings (SSSR count). The third-order valence-corrected chi connectivity index (χ3v) is 8.20. The molecule has 0 saturated carbocycles. The molecule has 0 bridgehead atoms. The molecule has 0 aliphatic carbocycles. The molecule has 1 aliphatic rings. The summed E-state index contributed by atoms with van der Waals surface area (Å²) in [4.78, 5) is 17.0. The van der Waals surface area contributed by atoms with Crippen molar-refractivity contribution in [3.63, 3.8) is 0 Å². The lowest BCUT2D eigenvalue weighted by atomic mass is 10.1. The first kappa shape index (κ1) is 20.9. The number of amides is 1. The predicted octanol–water partition coefficient (Wildman–Crippen LogP) is 5.68. The van der Waals surface area contributed by atoms with Crippen molar-refractivity contribution in [2.24, 2.45) is 0 Å². The van der Waals surface area contributed by atoms with Crippen molar-refractivity contribution < 1.29 is 4.79 Å². The van der Waals surface area contributed by atoms with Gasteiger partial charge >= 0.3 is 0 Å². The van der Waals surface area contributed by atoms with Crippen LogP contribution in [-0.4, -0.2) is 49.5 Å². The average molecular weight is 441 g/mol. The summed E-state index contributed by atoms with van der Waals surface area (Å²) in [5.74, 6) is 2.29. The Morgan fingerprint density at radius 3 is 2.33 bits per heavy atom. The smallest absolute Gasteiger partial charge is 0.258 e. The standard InChI is InChI=1S/C20H22Cl2N2OS2/c1-23(2)10-11-24(17-5-3-4-16(21)18(17)22)19(25)14-6-8-15(9-7-14)20-26-12-13-27-20/h3-9,20H,10-13H2,1-2H3. The number of benzene rings is 2. The average Bonchev–Trinajstić information content (AvgIpc) is 3.19. The first-order chi connectivity index (χ1) is 13.0. The van der Waals surface area contributed by atoms with Gasteiger partial charge in [-0.1, -0.05) is 41.4 Å². The van der Waals surface area contributed by atoms with Crippen molar-refractivity contribution in [1.82, 2.24) is 4.90 Å². The minimum absolute atomic E-state index is 0.0701. The van der Waals surface area contributed by atoms with Gasteiger partial charge in [-0.25, -0.2) is 0 Å². The Kier molecular flexibility index (Phi) is 7.40. The van der Waals surface area contributed by atoms with Crippen LogP contribution >= 0.6 is 46.7 Å². The third-order valence-electron chi connectivity index (χ3n) is 4.29. The molecule has 0 spiro atoms. The van der Waals surface area contributed by atoms with Crippen LogP contribution in [-0.2, 0) is 0 Å². The molecule has 0 N–H and O–H groups in total. The molecule has 27 heavy (non-hydrogen) atoms. The topological polar surface area (TPSA) is 23.6 Å². The van der Waals surface area contributed by atoms with E-state index in [1.165, 1.54) is 17.1 Å². The largest absolute Gasteiger partial charge is 0.308 e. The Morgan fingerprint density at radius 2 is 1.70 bits per heavy atom. The number of rotatable bonds is 6. The fraction of sp³-hybridized carbons (Fsp3) is 0.350. The lowest BCUT2D eigenvalue weighted by molar-refractivity contribution is 0.0985. The second-order valence-electron chi connectivity index (χ2n) is 6.53. The summed E-state index contributed by atoms with van der Waals surface area (Å²) < 4.78 is 0.473. The highest BCUT2D eigenvalue weighted by atomic mass is 35.5. The first-order valence-electron chi connectivity index (χ1n) is 8.71. The Hall–Kier alpha value is -0.850. The number of thioether (sulfide) groups is 2. The van der Waals surface area contributed by atoms with Crippen LogP contribution < -0.4 is 4.90 Å². The maximum absolute atomic E-state index is 13.2. The van der Waals surface area contributed by atoms with Gasteiger partial charge in [-0.2, -0.15) is 0 Å². The Bertz CT molecular complexity index is 793. The number of carbonyl (C=O) groups is 1.